The summed E-state index contributed by atoms with van der Waals surface area (Å²) >= 11 is 1.50. The van der Waals surface area contributed by atoms with E-state index in [-0.39, 0.29) is 5.91 Å². The first-order valence-electron chi connectivity index (χ1n) is 9.16. The summed E-state index contributed by atoms with van der Waals surface area (Å²) in [5.41, 5.74) is 2.00. The lowest BCUT2D eigenvalue weighted by Gasteiger charge is -2.06. The number of thiazole rings is 1. The number of hydrogen-bond donors (Lipinski definition) is 0. The number of fused-ring (bicyclic) bond motifs is 1. The van der Waals surface area contributed by atoms with Crippen LogP contribution in [0.5, 0.6) is 5.75 Å². The van der Waals surface area contributed by atoms with Crippen molar-refractivity contribution in [2.45, 2.75) is 26.8 Å². The number of benzene rings is 2. The summed E-state index contributed by atoms with van der Waals surface area (Å²) in [7, 11) is 0. The summed E-state index contributed by atoms with van der Waals surface area (Å²) in [5.74, 6) is 0.674. The van der Waals surface area contributed by atoms with E-state index in [1.165, 1.54) is 11.3 Å². The Balaban J connectivity index is 1.95. The number of aromatic nitrogens is 1. The van der Waals surface area contributed by atoms with Crippen molar-refractivity contribution in [1.29, 1.82) is 0 Å². The Morgan fingerprint density at radius 1 is 1.11 bits per heavy atom. The van der Waals surface area contributed by atoms with Crippen LogP contribution < -0.4 is 9.54 Å². The minimum Gasteiger partial charge on any atom is -0.494 e. The van der Waals surface area contributed by atoms with Gasteiger partial charge in [0.15, 0.2) is 4.80 Å². The summed E-state index contributed by atoms with van der Waals surface area (Å²) in [6.07, 6.45) is 0.296. The zero-order chi connectivity index (χ0) is 19.1. The molecular formula is C21H24N2O3S. The molecule has 3 rings (SSSR count). The highest BCUT2D eigenvalue weighted by Crippen LogP contribution is 2.23. The van der Waals surface area contributed by atoms with Gasteiger partial charge < -0.3 is 14.0 Å². The standard InChI is InChI=1S/C21H24N2O3S/c1-3-25-13-12-23-18-11-10-17(26-4-2)15-19(18)27-21(23)22-20(24)14-16-8-6-5-7-9-16/h5-11,15H,3-4,12-14H2,1-2H3. The second kappa shape index (κ2) is 9.48. The van der Waals surface area contributed by atoms with E-state index in [1.54, 1.807) is 0 Å². The molecule has 0 atom stereocenters. The molecule has 0 aliphatic heterocycles. The Morgan fingerprint density at radius 3 is 2.67 bits per heavy atom. The van der Waals surface area contributed by atoms with Gasteiger partial charge in [0.2, 0.25) is 0 Å². The van der Waals surface area contributed by atoms with Crippen LogP contribution in [0.1, 0.15) is 19.4 Å². The first-order valence-corrected chi connectivity index (χ1v) is 9.98. The molecule has 0 saturated heterocycles. The van der Waals surface area contributed by atoms with Crippen LogP contribution in [-0.4, -0.2) is 30.3 Å². The maximum atomic E-state index is 12.5. The fourth-order valence-electron chi connectivity index (χ4n) is 2.83. The number of rotatable bonds is 8. The number of amides is 1. The molecule has 0 radical (unpaired) electrons. The third kappa shape index (κ3) is 5.05. The van der Waals surface area contributed by atoms with Crippen LogP contribution >= 0.6 is 11.3 Å². The number of ether oxygens (including phenoxy) is 2. The molecule has 1 amide bonds. The molecule has 0 bridgehead atoms. The molecule has 0 fully saturated rings. The lowest BCUT2D eigenvalue weighted by Crippen LogP contribution is -2.20. The van der Waals surface area contributed by atoms with Gasteiger partial charge in [-0.3, -0.25) is 4.79 Å². The van der Waals surface area contributed by atoms with Crippen LogP contribution in [0.3, 0.4) is 0 Å². The SMILES string of the molecule is CCOCCn1c(=NC(=O)Cc2ccccc2)sc2cc(OCC)ccc21. The van der Waals surface area contributed by atoms with Crippen LogP contribution in [-0.2, 0) is 22.5 Å². The lowest BCUT2D eigenvalue weighted by atomic mass is 10.1. The lowest BCUT2D eigenvalue weighted by molar-refractivity contribution is -0.117. The zero-order valence-corrected chi connectivity index (χ0v) is 16.5. The van der Waals surface area contributed by atoms with E-state index in [4.69, 9.17) is 9.47 Å². The third-order valence-electron chi connectivity index (χ3n) is 4.05. The van der Waals surface area contributed by atoms with Crippen LogP contribution in [0.15, 0.2) is 53.5 Å². The van der Waals surface area contributed by atoms with Crippen molar-refractivity contribution in [3.63, 3.8) is 0 Å². The van der Waals surface area contributed by atoms with Crippen LogP contribution in [0.25, 0.3) is 10.2 Å². The molecule has 5 nitrogen and oxygen atoms in total. The van der Waals surface area contributed by atoms with Gasteiger partial charge in [-0.15, -0.1) is 0 Å². The number of carbonyl (C=O) groups excluding carboxylic acids is 1. The van der Waals surface area contributed by atoms with Crippen molar-refractivity contribution >= 4 is 27.5 Å². The van der Waals surface area contributed by atoms with Gasteiger partial charge in [0.1, 0.15) is 5.75 Å². The van der Waals surface area contributed by atoms with Gasteiger partial charge in [-0.1, -0.05) is 41.7 Å². The van der Waals surface area contributed by atoms with E-state index in [2.05, 4.69) is 4.99 Å². The highest BCUT2D eigenvalue weighted by atomic mass is 32.1. The third-order valence-corrected chi connectivity index (χ3v) is 5.09. The molecular weight excluding hydrogens is 360 g/mol. The minimum absolute atomic E-state index is 0.150. The molecule has 0 spiro atoms. The van der Waals surface area contributed by atoms with Crippen molar-refractivity contribution in [2.75, 3.05) is 19.8 Å². The first kappa shape index (κ1) is 19.3. The van der Waals surface area contributed by atoms with E-state index < -0.39 is 0 Å². The quantitative estimate of drug-likeness (QED) is 0.555. The molecule has 1 heterocycles. The van der Waals surface area contributed by atoms with Gasteiger partial charge in [0.25, 0.3) is 5.91 Å². The minimum atomic E-state index is -0.150. The molecule has 0 N–H and O–H groups in total. The maximum absolute atomic E-state index is 12.5. The van der Waals surface area contributed by atoms with Crippen LogP contribution in [0, 0.1) is 0 Å². The molecule has 0 saturated carbocycles. The van der Waals surface area contributed by atoms with E-state index in [0.29, 0.717) is 37.6 Å². The fraction of sp³-hybridized carbons (Fsp3) is 0.333. The molecule has 1 aromatic heterocycles. The average molecular weight is 385 g/mol. The van der Waals surface area contributed by atoms with E-state index >= 15 is 0 Å². The van der Waals surface area contributed by atoms with Gasteiger partial charge >= 0.3 is 0 Å². The van der Waals surface area contributed by atoms with Crippen molar-refractivity contribution in [2.24, 2.45) is 4.99 Å². The second-order valence-corrected chi connectivity index (χ2v) is 6.97. The fourth-order valence-corrected chi connectivity index (χ4v) is 3.93. The first-order chi connectivity index (χ1) is 13.2. The summed E-state index contributed by atoms with van der Waals surface area (Å²) < 4.78 is 14.2. The number of hydrogen-bond acceptors (Lipinski definition) is 4. The van der Waals surface area contributed by atoms with Gasteiger partial charge in [-0.2, -0.15) is 4.99 Å². The number of nitrogens with zero attached hydrogens (tertiary/aromatic N) is 2. The van der Waals surface area contributed by atoms with Crippen molar-refractivity contribution in [1.82, 2.24) is 4.57 Å². The Kier molecular flexibility index (Phi) is 6.79. The topological polar surface area (TPSA) is 52.8 Å². The molecule has 142 valence electrons. The maximum Gasteiger partial charge on any atom is 0.252 e. The van der Waals surface area contributed by atoms with Gasteiger partial charge in [-0.25, -0.2) is 0 Å². The molecule has 2 aromatic carbocycles. The Bertz CT molecular complexity index is 960. The summed E-state index contributed by atoms with van der Waals surface area (Å²) in [6.45, 7) is 6.45. The normalized spacial score (nSPS) is 11.9. The van der Waals surface area contributed by atoms with Crippen LogP contribution in [0.2, 0.25) is 0 Å². The predicted molar refractivity (Wildman–Crippen MR) is 108 cm³/mol. The zero-order valence-electron chi connectivity index (χ0n) is 15.7. The summed E-state index contributed by atoms with van der Waals surface area (Å²) in [6, 6.07) is 15.6. The van der Waals surface area contributed by atoms with E-state index in [0.717, 1.165) is 21.5 Å². The van der Waals surface area contributed by atoms with Crippen molar-refractivity contribution in [3.8, 4) is 5.75 Å². The number of carbonyl (C=O) groups is 1. The molecule has 0 aliphatic rings. The predicted octanol–water partition coefficient (Wildman–Crippen LogP) is 3.81. The second-order valence-electron chi connectivity index (χ2n) is 5.96. The van der Waals surface area contributed by atoms with E-state index in [1.807, 2.05) is 66.9 Å². The van der Waals surface area contributed by atoms with Crippen LogP contribution in [0.4, 0.5) is 0 Å². The molecule has 0 aliphatic carbocycles. The molecule has 3 aromatic rings. The van der Waals surface area contributed by atoms with Crippen molar-refractivity contribution in [3.05, 3.63) is 58.9 Å². The molecule has 0 unspecified atom stereocenters. The highest BCUT2D eigenvalue weighted by molar-refractivity contribution is 7.16. The average Bonchev–Trinajstić information content (AvgIpc) is 2.99. The Hall–Kier alpha value is -2.44. The summed E-state index contributed by atoms with van der Waals surface area (Å²) in [5, 5.41) is 0. The van der Waals surface area contributed by atoms with Gasteiger partial charge in [-0.05, 0) is 37.6 Å². The molecule has 27 heavy (non-hydrogen) atoms. The largest absolute Gasteiger partial charge is 0.494 e. The summed E-state index contributed by atoms with van der Waals surface area (Å²) in [4.78, 5) is 17.6. The smallest absolute Gasteiger partial charge is 0.252 e. The van der Waals surface area contributed by atoms with Gasteiger partial charge in [0, 0.05) is 13.2 Å². The van der Waals surface area contributed by atoms with E-state index in [9.17, 15) is 4.79 Å². The Morgan fingerprint density at radius 2 is 1.93 bits per heavy atom. The monoisotopic (exact) mass is 384 g/mol. The Labute approximate surface area is 162 Å². The molecule has 6 heteroatoms. The highest BCUT2D eigenvalue weighted by Gasteiger charge is 2.10. The van der Waals surface area contributed by atoms with Crippen molar-refractivity contribution < 1.29 is 14.3 Å². The van der Waals surface area contributed by atoms with Gasteiger partial charge in [0.05, 0.1) is 29.9 Å².